The quantitative estimate of drug-likeness (QED) is 0.341. The summed E-state index contributed by atoms with van der Waals surface area (Å²) in [6.45, 7) is 3.54. The van der Waals surface area contributed by atoms with Gasteiger partial charge in [0.15, 0.2) is 6.29 Å². The molecule has 0 aromatic rings. The van der Waals surface area contributed by atoms with Crippen LogP contribution in [0.25, 0.3) is 0 Å². The minimum atomic E-state index is -1.44. The molecule has 0 aromatic heterocycles. The number of ether oxygens (including phenoxy) is 1. The van der Waals surface area contributed by atoms with E-state index in [1.54, 1.807) is 13.8 Å². The van der Waals surface area contributed by atoms with E-state index >= 15 is 0 Å². The molecule has 1 aliphatic rings. The van der Waals surface area contributed by atoms with Crippen molar-refractivity contribution in [2.24, 2.45) is 17.3 Å². The summed E-state index contributed by atoms with van der Waals surface area (Å²) < 4.78 is 16.4. The molecule has 0 heterocycles. The first-order chi connectivity index (χ1) is 7.78. The molecule has 1 fully saturated rings. The molecule has 3 atom stereocenters. The maximum absolute atomic E-state index is 11.4. The van der Waals surface area contributed by atoms with Crippen molar-refractivity contribution in [3.8, 4) is 0 Å². The number of aldehydes is 1. The molecule has 0 spiro atoms. The normalized spacial score (nSPS) is 29.0. The number of allylic oxidation sites excluding steroid dienone is 1. The first-order valence-corrected chi connectivity index (χ1v) is 6.64. The lowest BCUT2D eigenvalue weighted by atomic mass is 10.1. The van der Waals surface area contributed by atoms with Crippen LogP contribution in [-0.4, -0.2) is 35.3 Å². The number of rotatable bonds is 5. The van der Waals surface area contributed by atoms with Crippen LogP contribution in [0.1, 0.15) is 13.8 Å². The second kappa shape index (κ2) is 4.70. The lowest BCUT2D eigenvalue weighted by Crippen LogP contribution is -2.11. The molecule has 1 saturated carbocycles. The van der Waals surface area contributed by atoms with Gasteiger partial charge in [0.2, 0.25) is 0 Å². The Hall–Kier alpha value is -1.01. The Bertz CT molecular complexity index is 372. The van der Waals surface area contributed by atoms with E-state index in [0.717, 1.165) is 0 Å². The summed E-state index contributed by atoms with van der Waals surface area (Å²) in [4.78, 5) is 22.1. The predicted octanol–water partition coefficient (Wildman–Crippen LogP) is 0.779. The molecule has 0 bridgehead atoms. The number of carbonyl (C=O) groups excluding carboxylic acids is 1. The molecule has 0 amide bonds. The van der Waals surface area contributed by atoms with Crippen LogP contribution in [-0.2, 0) is 25.5 Å². The Morgan fingerprint density at radius 3 is 2.24 bits per heavy atom. The van der Waals surface area contributed by atoms with Crippen molar-refractivity contribution in [1.82, 2.24) is 0 Å². The first kappa shape index (κ1) is 14.1. The molecule has 3 unspecified atom stereocenters. The number of carboxylic acids is 1. The summed E-state index contributed by atoms with van der Waals surface area (Å²) in [6, 6.07) is 0. The summed E-state index contributed by atoms with van der Waals surface area (Å²) in [5, 5.41) is 9.11. The minimum Gasteiger partial charge on any atom is -0.609 e. The zero-order valence-corrected chi connectivity index (χ0v) is 11.0. The van der Waals surface area contributed by atoms with Crippen molar-refractivity contribution in [2.45, 2.75) is 13.8 Å². The molecule has 1 N–H and O–H groups in total. The van der Waals surface area contributed by atoms with E-state index in [1.165, 1.54) is 13.4 Å². The molecule has 1 aliphatic carbocycles. The molecular weight excluding hydrogens is 244 g/mol. The minimum absolute atomic E-state index is 0.0711. The fraction of sp³-hybridized carbons (Fsp3) is 0.636. The molecule has 0 saturated heterocycles. The monoisotopic (exact) mass is 260 g/mol. The lowest BCUT2D eigenvalue weighted by Gasteiger charge is -2.10. The smallest absolute Gasteiger partial charge is 0.312 e. The first-order valence-electron chi connectivity index (χ1n) is 5.08. The van der Waals surface area contributed by atoms with Crippen molar-refractivity contribution in [3.05, 3.63) is 10.7 Å². The molecule has 1 rings (SSSR count). The third-order valence-electron chi connectivity index (χ3n) is 3.24. The molecule has 17 heavy (non-hydrogen) atoms. The highest BCUT2D eigenvalue weighted by Crippen LogP contribution is 2.62. The van der Waals surface area contributed by atoms with E-state index in [2.05, 4.69) is 0 Å². The molecule has 6 heteroatoms. The van der Waals surface area contributed by atoms with Gasteiger partial charge in [0.05, 0.1) is 18.6 Å². The maximum Gasteiger partial charge on any atom is 0.312 e. The fourth-order valence-corrected chi connectivity index (χ4v) is 3.07. The molecular formula is C11H16O5S. The Balaban J connectivity index is 3.14. The van der Waals surface area contributed by atoms with Gasteiger partial charge in [0.25, 0.3) is 0 Å². The molecule has 0 aliphatic heterocycles. The van der Waals surface area contributed by atoms with Gasteiger partial charge in [-0.3, -0.25) is 9.59 Å². The number of aliphatic carboxylic acids is 1. The van der Waals surface area contributed by atoms with Crippen molar-refractivity contribution < 1.29 is 24.0 Å². The summed E-state index contributed by atoms with van der Waals surface area (Å²) in [5.41, 5.74) is -0.309. The molecule has 0 aromatic carbocycles. The van der Waals surface area contributed by atoms with Gasteiger partial charge in [-0.25, -0.2) is 0 Å². The third kappa shape index (κ3) is 2.32. The van der Waals surface area contributed by atoms with Gasteiger partial charge in [-0.2, -0.15) is 0 Å². The van der Waals surface area contributed by atoms with Gasteiger partial charge in [0, 0.05) is 17.1 Å². The molecule has 5 nitrogen and oxygen atoms in total. The SMILES string of the molecule is COC(=C(C=O)C1C(C(=O)O)C1(C)C)[S+](C)[O-]. The maximum atomic E-state index is 11.4. The summed E-state index contributed by atoms with van der Waals surface area (Å²) in [7, 11) is 1.32. The fourth-order valence-electron chi connectivity index (χ4n) is 2.33. The van der Waals surface area contributed by atoms with Gasteiger partial charge in [-0.05, 0) is 5.41 Å². The average Bonchev–Trinajstić information content (AvgIpc) is 2.77. The van der Waals surface area contributed by atoms with Crippen LogP contribution in [0.4, 0.5) is 0 Å². The summed E-state index contributed by atoms with van der Waals surface area (Å²) >= 11 is -1.44. The van der Waals surface area contributed by atoms with Crippen LogP contribution in [0.5, 0.6) is 0 Å². The highest BCUT2D eigenvalue weighted by Gasteiger charge is 2.65. The van der Waals surface area contributed by atoms with Gasteiger partial charge in [0.1, 0.15) is 6.26 Å². The zero-order valence-electron chi connectivity index (χ0n) is 10.2. The molecule has 96 valence electrons. The van der Waals surface area contributed by atoms with Crippen molar-refractivity contribution in [1.29, 1.82) is 0 Å². The van der Waals surface area contributed by atoms with Gasteiger partial charge in [-0.1, -0.05) is 13.8 Å². The number of hydrogen-bond donors (Lipinski definition) is 1. The third-order valence-corrected chi connectivity index (χ3v) is 4.16. The van der Waals surface area contributed by atoms with Crippen LogP contribution in [0.3, 0.4) is 0 Å². The highest BCUT2D eigenvalue weighted by atomic mass is 32.2. The zero-order chi connectivity index (χ0) is 13.4. The van der Waals surface area contributed by atoms with Crippen molar-refractivity contribution >= 4 is 23.4 Å². The van der Waals surface area contributed by atoms with E-state index in [4.69, 9.17) is 9.84 Å². The summed E-state index contributed by atoms with van der Waals surface area (Å²) in [5.74, 6) is -2.01. The van der Waals surface area contributed by atoms with Gasteiger partial charge in [-0.15, -0.1) is 0 Å². The highest BCUT2D eigenvalue weighted by molar-refractivity contribution is 7.94. The Morgan fingerprint density at radius 1 is 1.47 bits per heavy atom. The largest absolute Gasteiger partial charge is 0.609 e. The van der Waals surface area contributed by atoms with Crippen molar-refractivity contribution in [2.75, 3.05) is 13.4 Å². The summed E-state index contributed by atoms with van der Waals surface area (Å²) in [6.07, 6.45) is 1.95. The van der Waals surface area contributed by atoms with Crippen molar-refractivity contribution in [3.63, 3.8) is 0 Å². The number of hydrogen-bond acceptors (Lipinski definition) is 4. The molecule has 0 radical (unpaired) electrons. The van der Waals surface area contributed by atoms with Gasteiger partial charge < -0.3 is 14.4 Å². The second-order valence-corrected chi connectivity index (χ2v) is 5.91. The van der Waals surface area contributed by atoms with E-state index in [-0.39, 0.29) is 10.7 Å². The standard InChI is InChI=1S/C11H16O5S/c1-11(2)7(8(11)9(13)14)6(5-12)10(16-3)17(4)15/h5,7-8H,1-4H3,(H,13,14). The van der Waals surface area contributed by atoms with Crippen LogP contribution in [0.15, 0.2) is 10.7 Å². The topological polar surface area (TPSA) is 86.7 Å². The Labute approximate surface area is 103 Å². The van der Waals surface area contributed by atoms with Gasteiger partial charge >= 0.3 is 11.1 Å². The Morgan fingerprint density at radius 2 is 2.00 bits per heavy atom. The number of methoxy groups -OCH3 is 1. The van der Waals surface area contributed by atoms with Crippen LogP contribution < -0.4 is 0 Å². The second-order valence-electron chi connectivity index (χ2n) is 4.63. The number of carboxylic acid groups (broad SMARTS) is 1. The van der Waals surface area contributed by atoms with E-state index in [9.17, 15) is 14.1 Å². The lowest BCUT2D eigenvalue weighted by molar-refractivity contribution is -0.139. The van der Waals surface area contributed by atoms with Crippen LogP contribution in [0, 0.1) is 17.3 Å². The predicted molar refractivity (Wildman–Crippen MR) is 62.6 cm³/mol. The van der Waals surface area contributed by atoms with Crippen LogP contribution in [0.2, 0.25) is 0 Å². The Kier molecular flexibility index (Phi) is 3.88. The number of carbonyl (C=O) groups is 2. The van der Waals surface area contributed by atoms with E-state index in [1.807, 2.05) is 0 Å². The van der Waals surface area contributed by atoms with Crippen LogP contribution >= 0.6 is 0 Å². The average molecular weight is 260 g/mol. The van der Waals surface area contributed by atoms with E-state index in [0.29, 0.717) is 6.29 Å². The van der Waals surface area contributed by atoms with E-state index < -0.39 is 34.4 Å².